The largest absolute Gasteiger partial charge is 0.506 e. The van der Waals surface area contributed by atoms with E-state index >= 15 is 0 Å². The van der Waals surface area contributed by atoms with Crippen LogP contribution < -0.4 is 4.90 Å². The van der Waals surface area contributed by atoms with Gasteiger partial charge in [0.1, 0.15) is 5.75 Å². The van der Waals surface area contributed by atoms with Gasteiger partial charge in [-0.1, -0.05) is 24.3 Å². The predicted molar refractivity (Wildman–Crippen MR) is 105 cm³/mol. The van der Waals surface area contributed by atoms with E-state index in [9.17, 15) is 13.5 Å². The Labute approximate surface area is 155 Å². The lowest BCUT2D eigenvalue weighted by Gasteiger charge is -2.36. The van der Waals surface area contributed by atoms with E-state index < -0.39 is 9.84 Å². The molecule has 1 aliphatic rings. The van der Waals surface area contributed by atoms with Gasteiger partial charge in [-0.05, 0) is 43.2 Å². The van der Waals surface area contributed by atoms with Crippen molar-refractivity contribution in [3.05, 3.63) is 53.6 Å². The van der Waals surface area contributed by atoms with E-state index in [-0.39, 0.29) is 5.75 Å². The Bertz CT molecular complexity index is 872. The van der Waals surface area contributed by atoms with E-state index in [0.29, 0.717) is 17.2 Å². The Morgan fingerprint density at radius 3 is 2.38 bits per heavy atom. The second-order valence-electron chi connectivity index (χ2n) is 6.91. The first-order valence-electron chi connectivity index (χ1n) is 8.92. The molecule has 5 nitrogen and oxygen atoms in total. The van der Waals surface area contributed by atoms with Gasteiger partial charge in [0.05, 0.1) is 16.3 Å². The number of hydrogen-bond acceptors (Lipinski definition) is 5. The van der Waals surface area contributed by atoms with Gasteiger partial charge in [0.25, 0.3) is 0 Å². The lowest BCUT2D eigenvalue weighted by atomic mass is 10.2. The van der Waals surface area contributed by atoms with Crippen molar-refractivity contribution < 1.29 is 13.5 Å². The van der Waals surface area contributed by atoms with Crippen molar-refractivity contribution in [3.8, 4) is 5.75 Å². The van der Waals surface area contributed by atoms with Crippen LogP contribution in [-0.2, 0) is 9.84 Å². The number of rotatable bonds is 5. The summed E-state index contributed by atoms with van der Waals surface area (Å²) in [5.41, 5.74) is 2.61. The number of aromatic hydroxyl groups is 1. The summed E-state index contributed by atoms with van der Waals surface area (Å²) >= 11 is 0. The molecule has 1 N–H and O–H groups in total. The van der Waals surface area contributed by atoms with Crippen molar-refractivity contribution in [3.63, 3.8) is 0 Å². The number of nitrogens with zero attached hydrogens (tertiary/aromatic N) is 2. The Kier molecular flexibility index (Phi) is 5.53. The molecule has 140 valence electrons. The number of hydrogen-bond donors (Lipinski definition) is 1. The smallest absolute Gasteiger partial charge is 0.179 e. The summed E-state index contributed by atoms with van der Waals surface area (Å²) in [5.74, 6) is 0.423. The van der Waals surface area contributed by atoms with Crippen LogP contribution in [0.3, 0.4) is 0 Å². The number of para-hydroxylation sites is 2. The van der Waals surface area contributed by atoms with Gasteiger partial charge in [-0.25, -0.2) is 8.42 Å². The molecule has 0 atom stereocenters. The summed E-state index contributed by atoms with van der Waals surface area (Å²) in [5, 5.41) is 9.98. The summed E-state index contributed by atoms with van der Waals surface area (Å²) in [6.45, 7) is 7.42. The molecule has 1 aliphatic heterocycles. The minimum atomic E-state index is -3.28. The van der Waals surface area contributed by atoms with Gasteiger partial charge in [-0.2, -0.15) is 0 Å². The zero-order chi connectivity index (χ0) is 18.7. The van der Waals surface area contributed by atoms with Crippen LogP contribution in [0.15, 0.2) is 47.4 Å². The van der Waals surface area contributed by atoms with E-state index in [1.165, 1.54) is 0 Å². The molecule has 0 spiro atoms. The number of phenolic OH excluding ortho intramolecular Hbond substituents is 1. The predicted octanol–water partition coefficient (Wildman–Crippen LogP) is 2.60. The second kappa shape index (κ2) is 7.68. The van der Waals surface area contributed by atoms with Crippen LogP contribution in [0.2, 0.25) is 0 Å². The van der Waals surface area contributed by atoms with Crippen LogP contribution in [0.1, 0.15) is 11.1 Å². The molecular weight excluding hydrogens is 348 g/mol. The van der Waals surface area contributed by atoms with Crippen molar-refractivity contribution in [2.45, 2.75) is 18.7 Å². The third-order valence-electron chi connectivity index (χ3n) is 4.95. The molecule has 2 aromatic rings. The maximum atomic E-state index is 12.7. The van der Waals surface area contributed by atoms with Gasteiger partial charge in [-0.15, -0.1) is 0 Å². The average molecular weight is 375 g/mol. The number of anilines is 1. The van der Waals surface area contributed by atoms with Crippen molar-refractivity contribution in [2.75, 3.05) is 43.4 Å². The number of aryl methyl sites for hydroxylation is 2. The van der Waals surface area contributed by atoms with Gasteiger partial charge >= 0.3 is 0 Å². The maximum Gasteiger partial charge on any atom is 0.179 e. The van der Waals surface area contributed by atoms with Crippen LogP contribution in [0.5, 0.6) is 5.75 Å². The topological polar surface area (TPSA) is 60.9 Å². The van der Waals surface area contributed by atoms with Gasteiger partial charge in [0, 0.05) is 32.7 Å². The minimum Gasteiger partial charge on any atom is -0.506 e. The molecule has 2 aromatic carbocycles. The SMILES string of the molecule is Cc1ccc(C)c(S(=O)(=O)CCN2CCN(c3ccccc3O)CC2)c1. The molecule has 26 heavy (non-hydrogen) atoms. The Morgan fingerprint density at radius 1 is 1.00 bits per heavy atom. The third-order valence-corrected chi connectivity index (χ3v) is 6.78. The highest BCUT2D eigenvalue weighted by Crippen LogP contribution is 2.27. The van der Waals surface area contributed by atoms with Gasteiger partial charge < -0.3 is 10.0 Å². The lowest BCUT2D eigenvalue weighted by molar-refractivity contribution is 0.271. The zero-order valence-electron chi connectivity index (χ0n) is 15.4. The standard InChI is InChI=1S/C20H26N2O3S/c1-16-7-8-17(2)20(15-16)26(24,25)14-13-21-9-11-22(12-10-21)18-5-3-4-6-19(18)23/h3-8,15,23H,9-14H2,1-2H3. The van der Waals surface area contributed by atoms with Crippen molar-refractivity contribution in [1.82, 2.24) is 4.90 Å². The summed E-state index contributed by atoms with van der Waals surface area (Å²) in [4.78, 5) is 4.77. The molecule has 1 saturated heterocycles. The first-order valence-corrected chi connectivity index (χ1v) is 10.6. The Balaban J connectivity index is 1.58. The first kappa shape index (κ1) is 18.7. The lowest BCUT2D eigenvalue weighted by Crippen LogP contribution is -2.47. The Morgan fingerprint density at radius 2 is 1.69 bits per heavy atom. The van der Waals surface area contributed by atoms with E-state index in [1.807, 2.05) is 44.2 Å². The van der Waals surface area contributed by atoms with Gasteiger partial charge in [0.2, 0.25) is 0 Å². The summed E-state index contributed by atoms with van der Waals surface area (Å²) in [6.07, 6.45) is 0. The van der Waals surface area contributed by atoms with Crippen LogP contribution >= 0.6 is 0 Å². The number of phenols is 1. The van der Waals surface area contributed by atoms with E-state index in [1.54, 1.807) is 12.1 Å². The van der Waals surface area contributed by atoms with Crippen LogP contribution in [-0.4, -0.2) is 56.9 Å². The highest BCUT2D eigenvalue weighted by molar-refractivity contribution is 7.91. The molecule has 0 saturated carbocycles. The second-order valence-corrected chi connectivity index (χ2v) is 8.98. The van der Waals surface area contributed by atoms with Crippen LogP contribution in [0.4, 0.5) is 5.69 Å². The Hall–Kier alpha value is -2.05. The van der Waals surface area contributed by atoms with Crippen LogP contribution in [0.25, 0.3) is 0 Å². The van der Waals surface area contributed by atoms with Crippen LogP contribution in [0, 0.1) is 13.8 Å². The van der Waals surface area contributed by atoms with Gasteiger partial charge in [-0.3, -0.25) is 4.90 Å². The highest BCUT2D eigenvalue weighted by atomic mass is 32.2. The average Bonchev–Trinajstić information content (AvgIpc) is 2.63. The molecule has 0 amide bonds. The molecule has 0 aromatic heterocycles. The molecular formula is C20H26N2O3S. The number of piperazine rings is 1. The molecule has 1 heterocycles. The van der Waals surface area contributed by atoms with Crippen molar-refractivity contribution >= 4 is 15.5 Å². The van der Waals surface area contributed by atoms with E-state index in [2.05, 4.69) is 9.80 Å². The summed E-state index contributed by atoms with van der Waals surface area (Å²) in [6, 6.07) is 12.9. The van der Waals surface area contributed by atoms with Gasteiger partial charge in [0.15, 0.2) is 9.84 Å². The fourth-order valence-corrected chi connectivity index (χ4v) is 4.99. The maximum absolute atomic E-state index is 12.7. The van der Waals surface area contributed by atoms with E-state index in [4.69, 9.17) is 0 Å². The summed E-state index contributed by atoms with van der Waals surface area (Å²) < 4.78 is 25.4. The third kappa shape index (κ3) is 4.19. The fraction of sp³-hybridized carbons (Fsp3) is 0.400. The molecule has 0 bridgehead atoms. The molecule has 3 rings (SSSR count). The minimum absolute atomic E-state index is 0.133. The molecule has 1 fully saturated rings. The highest BCUT2D eigenvalue weighted by Gasteiger charge is 2.22. The van der Waals surface area contributed by atoms with Crippen molar-refractivity contribution in [1.29, 1.82) is 0 Å². The van der Waals surface area contributed by atoms with Crippen molar-refractivity contribution in [2.24, 2.45) is 0 Å². The summed E-state index contributed by atoms with van der Waals surface area (Å²) in [7, 11) is -3.28. The fourth-order valence-electron chi connectivity index (χ4n) is 3.35. The molecule has 0 unspecified atom stereocenters. The van der Waals surface area contributed by atoms with E-state index in [0.717, 1.165) is 43.0 Å². The quantitative estimate of drug-likeness (QED) is 0.872. The first-order chi connectivity index (χ1) is 12.4. The normalized spacial score (nSPS) is 16.0. The zero-order valence-corrected chi connectivity index (χ0v) is 16.2. The number of sulfone groups is 1. The molecule has 0 aliphatic carbocycles. The molecule has 0 radical (unpaired) electrons. The number of benzene rings is 2. The monoisotopic (exact) mass is 374 g/mol. The molecule has 6 heteroatoms.